The lowest BCUT2D eigenvalue weighted by Gasteiger charge is -2.42. The van der Waals surface area contributed by atoms with Crippen LogP contribution in [0.2, 0.25) is 0 Å². The van der Waals surface area contributed by atoms with Gasteiger partial charge in [-0.15, -0.1) is 6.58 Å². The van der Waals surface area contributed by atoms with Crippen LogP contribution in [0.4, 0.5) is 0 Å². The summed E-state index contributed by atoms with van der Waals surface area (Å²) in [4.78, 5) is 12.6. The molecule has 1 fully saturated rings. The van der Waals surface area contributed by atoms with Gasteiger partial charge >= 0.3 is 5.97 Å². The first-order chi connectivity index (χ1) is 15.8. The van der Waals surface area contributed by atoms with Gasteiger partial charge in [0.2, 0.25) is 0 Å². The summed E-state index contributed by atoms with van der Waals surface area (Å²) in [5.41, 5.74) is 1.16. The fraction of sp³-hybridized carbons (Fsp3) is 0.375. The Morgan fingerprint density at radius 1 is 1.12 bits per heavy atom. The van der Waals surface area contributed by atoms with E-state index in [0.29, 0.717) is 12.8 Å². The van der Waals surface area contributed by atoms with Gasteiger partial charge in [-0.25, -0.2) is 4.79 Å². The van der Waals surface area contributed by atoms with Gasteiger partial charge in [0.1, 0.15) is 12.2 Å². The number of hydrogen-bond acceptors (Lipinski definition) is 8. The second-order valence-electron chi connectivity index (χ2n) is 7.70. The lowest BCUT2D eigenvalue weighted by atomic mass is 9.95. The average molecular weight is 477 g/mol. The highest BCUT2D eigenvalue weighted by Crippen LogP contribution is 2.31. The smallest absolute Gasteiger partial charge is 0.338 e. The standard InChI is InChI=1S/C24H28O8S/c1-4-5-11-19-21(31-23(26)17-9-7-6-8-10-17)20(25)22(24(29-3)30-19)32-33(27,28)18-14-12-16(2)13-15-18/h4,6-10,12-15,19-22,24-25H,1,5,11H2,2-3H3/t19-,20+,21-,22-,24+/m1/s1. The number of benzene rings is 2. The van der Waals surface area contributed by atoms with Gasteiger partial charge in [-0.1, -0.05) is 42.0 Å². The van der Waals surface area contributed by atoms with E-state index < -0.39 is 46.8 Å². The molecule has 1 N–H and O–H groups in total. The molecule has 1 aliphatic rings. The van der Waals surface area contributed by atoms with Crippen molar-refractivity contribution in [3.05, 3.63) is 78.4 Å². The number of aliphatic hydroxyl groups excluding tert-OH is 1. The normalized spacial score (nSPS) is 25.4. The average Bonchev–Trinajstić information content (AvgIpc) is 2.81. The van der Waals surface area contributed by atoms with Crippen molar-refractivity contribution >= 4 is 16.1 Å². The number of aliphatic hydroxyl groups is 1. The molecule has 33 heavy (non-hydrogen) atoms. The number of allylic oxidation sites excluding steroid dienone is 1. The predicted molar refractivity (Wildman–Crippen MR) is 120 cm³/mol. The molecule has 0 spiro atoms. The van der Waals surface area contributed by atoms with Crippen molar-refractivity contribution in [3.63, 3.8) is 0 Å². The largest absolute Gasteiger partial charge is 0.453 e. The molecule has 8 nitrogen and oxygen atoms in total. The molecule has 1 heterocycles. The lowest BCUT2D eigenvalue weighted by molar-refractivity contribution is -0.283. The molecule has 0 aromatic heterocycles. The molecule has 0 radical (unpaired) electrons. The first-order valence-corrected chi connectivity index (χ1v) is 11.9. The van der Waals surface area contributed by atoms with Crippen molar-refractivity contribution < 1.29 is 36.7 Å². The maximum Gasteiger partial charge on any atom is 0.338 e. The van der Waals surface area contributed by atoms with E-state index >= 15 is 0 Å². The Bertz CT molecular complexity index is 1040. The summed E-state index contributed by atoms with van der Waals surface area (Å²) in [6.45, 7) is 5.50. The Labute approximate surface area is 193 Å². The summed E-state index contributed by atoms with van der Waals surface area (Å²) in [6.07, 6.45) is -3.62. The highest BCUT2D eigenvalue weighted by Gasteiger charge is 2.50. The monoisotopic (exact) mass is 476 g/mol. The van der Waals surface area contributed by atoms with Crippen molar-refractivity contribution in [2.24, 2.45) is 0 Å². The van der Waals surface area contributed by atoms with E-state index in [1.165, 1.54) is 19.2 Å². The summed E-state index contributed by atoms with van der Waals surface area (Å²) >= 11 is 0. The fourth-order valence-corrected chi connectivity index (χ4v) is 4.60. The lowest BCUT2D eigenvalue weighted by Crippen LogP contribution is -2.60. The van der Waals surface area contributed by atoms with Crippen LogP contribution in [0.25, 0.3) is 0 Å². The second kappa shape index (κ2) is 11.0. The minimum absolute atomic E-state index is 0.0817. The van der Waals surface area contributed by atoms with E-state index in [-0.39, 0.29) is 10.5 Å². The third-order valence-corrected chi connectivity index (χ3v) is 6.63. The van der Waals surface area contributed by atoms with Gasteiger partial charge in [-0.3, -0.25) is 4.18 Å². The summed E-state index contributed by atoms with van der Waals surface area (Å²) in [6, 6.07) is 14.3. The van der Waals surface area contributed by atoms with Gasteiger partial charge in [-0.2, -0.15) is 8.42 Å². The van der Waals surface area contributed by atoms with Crippen LogP contribution in [0, 0.1) is 6.92 Å². The number of methoxy groups -OCH3 is 1. The summed E-state index contributed by atoms with van der Waals surface area (Å²) in [5.74, 6) is -0.678. The Kier molecular flexibility index (Phi) is 8.39. The molecule has 178 valence electrons. The summed E-state index contributed by atoms with van der Waals surface area (Å²) < 4.78 is 47.8. The van der Waals surface area contributed by atoms with Gasteiger partial charge in [0.25, 0.3) is 10.1 Å². The summed E-state index contributed by atoms with van der Waals surface area (Å²) in [7, 11) is -2.96. The van der Waals surface area contributed by atoms with Gasteiger partial charge < -0.3 is 19.3 Å². The second-order valence-corrected chi connectivity index (χ2v) is 9.27. The van der Waals surface area contributed by atoms with E-state index in [1.807, 2.05) is 6.92 Å². The van der Waals surface area contributed by atoms with Crippen LogP contribution in [0.5, 0.6) is 0 Å². The molecule has 0 unspecified atom stereocenters. The zero-order valence-corrected chi connectivity index (χ0v) is 19.3. The number of aryl methyl sites for hydroxylation is 1. The molecule has 0 amide bonds. The highest BCUT2D eigenvalue weighted by molar-refractivity contribution is 7.86. The first-order valence-electron chi connectivity index (χ1n) is 10.5. The van der Waals surface area contributed by atoms with Crippen LogP contribution in [0.1, 0.15) is 28.8 Å². The summed E-state index contributed by atoms with van der Waals surface area (Å²) in [5, 5.41) is 11.1. The molecule has 3 rings (SSSR count). The first kappa shape index (κ1) is 25.1. The number of ether oxygens (including phenoxy) is 3. The van der Waals surface area contributed by atoms with Crippen LogP contribution >= 0.6 is 0 Å². The van der Waals surface area contributed by atoms with Crippen molar-refractivity contribution in [2.45, 2.75) is 55.4 Å². The van der Waals surface area contributed by atoms with Crippen molar-refractivity contribution in [3.8, 4) is 0 Å². The van der Waals surface area contributed by atoms with Crippen molar-refractivity contribution in [1.82, 2.24) is 0 Å². The van der Waals surface area contributed by atoms with E-state index in [0.717, 1.165) is 5.56 Å². The zero-order valence-electron chi connectivity index (χ0n) is 18.5. The van der Waals surface area contributed by atoms with Gasteiger partial charge in [-0.05, 0) is 44.0 Å². The van der Waals surface area contributed by atoms with Crippen LogP contribution in [-0.2, 0) is 28.5 Å². The zero-order chi connectivity index (χ0) is 24.0. The number of rotatable bonds is 9. The highest BCUT2D eigenvalue weighted by atomic mass is 32.2. The van der Waals surface area contributed by atoms with Crippen LogP contribution in [-0.4, -0.2) is 57.3 Å². The van der Waals surface area contributed by atoms with E-state index in [9.17, 15) is 18.3 Å². The van der Waals surface area contributed by atoms with Crippen molar-refractivity contribution in [2.75, 3.05) is 7.11 Å². The van der Waals surface area contributed by atoms with Gasteiger partial charge in [0, 0.05) is 7.11 Å². The minimum atomic E-state index is -4.27. The fourth-order valence-electron chi connectivity index (χ4n) is 3.52. The van der Waals surface area contributed by atoms with Gasteiger partial charge in [0.05, 0.1) is 10.5 Å². The molecule has 2 aromatic carbocycles. The maximum absolute atomic E-state index is 12.9. The maximum atomic E-state index is 12.9. The topological polar surface area (TPSA) is 108 Å². The molecule has 9 heteroatoms. The van der Waals surface area contributed by atoms with Crippen LogP contribution in [0.3, 0.4) is 0 Å². The third-order valence-electron chi connectivity index (χ3n) is 5.30. The van der Waals surface area contributed by atoms with Gasteiger partial charge in [0.15, 0.2) is 18.5 Å². The van der Waals surface area contributed by atoms with E-state index in [4.69, 9.17) is 18.4 Å². The molecule has 0 bridgehead atoms. The molecule has 2 aromatic rings. The Hall–Kier alpha value is -2.56. The quantitative estimate of drug-likeness (QED) is 0.334. The predicted octanol–water partition coefficient (Wildman–Crippen LogP) is 2.99. The van der Waals surface area contributed by atoms with E-state index in [2.05, 4.69) is 6.58 Å². The Morgan fingerprint density at radius 2 is 1.79 bits per heavy atom. The minimum Gasteiger partial charge on any atom is -0.453 e. The SMILES string of the molecule is C=CCC[C@H]1O[C@H](OC)[C@H](OS(=O)(=O)c2ccc(C)cc2)[C@@H](O)[C@@H]1OC(=O)c1ccccc1. The molecule has 5 atom stereocenters. The Morgan fingerprint density at radius 3 is 2.39 bits per heavy atom. The number of carbonyl (C=O) groups is 1. The molecular formula is C24H28O8S. The molecule has 0 saturated carbocycles. The van der Waals surface area contributed by atoms with Crippen LogP contribution in [0.15, 0.2) is 72.1 Å². The van der Waals surface area contributed by atoms with Crippen molar-refractivity contribution in [1.29, 1.82) is 0 Å². The van der Waals surface area contributed by atoms with Crippen LogP contribution < -0.4 is 0 Å². The molecular weight excluding hydrogens is 448 g/mol. The third kappa shape index (κ3) is 6.07. The molecule has 1 aliphatic heterocycles. The number of carbonyl (C=O) groups excluding carboxylic acids is 1. The number of esters is 1. The number of hydrogen-bond donors (Lipinski definition) is 1. The molecule has 0 aliphatic carbocycles. The Balaban J connectivity index is 1.87. The molecule has 1 saturated heterocycles. The van der Waals surface area contributed by atoms with E-state index in [1.54, 1.807) is 48.5 Å².